The van der Waals surface area contributed by atoms with E-state index < -0.39 is 16.8 Å². The molecule has 0 aromatic rings. The second-order valence-electron chi connectivity index (χ2n) is 1.88. The van der Waals surface area contributed by atoms with Crippen LogP contribution in [0, 0.1) is 10.1 Å². The van der Waals surface area contributed by atoms with Gasteiger partial charge < -0.3 is 0 Å². The first kappa shape index (κ1) is 7.89. The molecule has 1 fully saturated rings. The van der Waals surface area contributed by atoms with Crippen LogP contribution in [0.1, 0.15) is 13.3 Å². The van der Waals surface area contributed by atoms with Crippen molar-refractivity contribution >= 4 is 5.97 Å². The molecule has 0 spiro atoms. The maximum absolute atomic E-state index is 10.7. The van der Waals surface area contributed by atoms with Gasteiger partial charge in [0.15, 0.2) is 0 Å². The lowest BCUT2D eigenvalue weighted by molar-refractivity contribution is -0.730. The van der Waals surface area contributed by atoms with E-state index in [9.17, 15) is 14.9 Å². The van der Waals surface area contributed by atoms with Crippen LogP contribution in [0.3, 0.4) is 0 Å². The van der Waals surface area contributed by atoms with Crippen LogP contribution in [0.5, 0.6) is 0 Å². The van der Waals surface area contributed by atoms with Crippen molar-refractivity contribution < 1.29 is 24.5 Å². The van der Waals surface area contributed by atoms with Gasteiger partial charge in [-0.15, -0.1) is 10.1 Å². The molecule has 0 saturated carbocycles. The van der Waals surface area contributed by atoms with E-state index in [1.54, 1.807) is 6.92 Å². The highest BCUT2D eigenvalue weighted by molar-refractivity contribution is 5.78. The number of nitrogens with zero attached hydrogens (tertiary/aromatic N) is 1. The Hall–Kier alpha value is -1.21. The summed E-state index contributed by atoms with van der Waals surface area (Å²) in [6.45, 7) is 1.58. The third kappa shape index (κ3) is 1.44. The molecule has 1 aliphatic heterocycles. The van der Waals surface area contributed by atoms with Gasteiger partial charge in [0.2, 0.25) is 0 Å². The lowest BCUT2D eigenvalue weighted by Gasteiger charge is -1.98. The highest BCUT2D eigenvalue weighted by Crippen LogP contribution is 2.34. The van der Waals surface area contributed by atoms with Gasteiger partial charge in [0, 0.05) is 6.42 Å². The third-order valence-electron chi connectivity index (χ3n) is 1.22. The summed E-state index contributed by atoms with van der Waals surface area (Å²) in [5.74, 6) is -2.66. The average Bonchev–Trinajstić information content (AvgIpc) is 2.65. The van der Waals surface area contributed by atoms with Gasteiger partial charge in [0.25, 0.3) is 0 Å². The van der Waals surface area contributed by atoms with Gasteiger partial charge in [-0.25, -0.2) is 4.84 Å². The largest absolute Gasteiger partial charge is 0.368 e. The van der Waals surface area contributed by atoms with Crippen LogP contribution in [-0.2, 0) is 19.4 Å². The summed E-state index contributed by atoms with van der Waals surface area (Å²) < 4.78 is 0. The van der Waals surface area contributed by atoms with E-state index in [0.29, 0.717) is 0 Å². The maximum atomic E-state index is 10.7. The molecule has 1 heterocycles. The van der Waals surface area contributed by atoms with E-state index in [1.165, 1.54) is 0 Å². The predicted molar refractivity (Wildman–Crippen MR) is 28.3 cm³/mol. The molecule has 11 heavy (non-hydrogen) atoms. The van der Waals surface area contributed by atoms with Gasteiger partial charge in [0.1, 0.15) is 0 Å². The minimum Gasteiger partial charge on any atom is -0.262 e. The summed E-state index contributed by atoms with van der Waals surface area (Å²) in [5, 5.41) is 8.45. The molecule has 0 atom stereocenters. The van der Waals surface area contributed by atoms with Crippen molar-refractivity contribution in [2.45, 2.75) is 19.1 Å². The highest BCUT2D eigenvalue weighted by atomic mass is 17.4. The second-order valence-corrected chi connectivity index (χ2v) is 1.88. The van der Waals surface area contributed by atoms with Crippen LogP contribution in [0.2, 0.25) is 0 Å². The summed E-state index contributed by atoms with van der Waals surface area (Å²) in [4.78, 5) is 32.4. The second kappa shape index (κ2) is 2.44. The van der Waals surface area contributed by atoms with Crippen molar-refractivity contribution in [3.63, 3.8) is 0 Å². The predicted octanol–water partition coefficient (Wildman–Crippen LogP) is -0.211. The van der Waals surface area contributed by atoms with E-state index >= 15 is 0 Å². The van der Waals surface area contributed by atoms with Crippen LogP contribution in [0.25, 0.3) is 0 Å². The fourth-order valence-electron chi connectivity index (χ4n) is 0.518. The van der Waals surface area contributed by atoms with Gasteiger partial charge in [-0.3, -0.25) is 4.79 Å². The van der Waals surface area contributed by atoms with Gasteiger partial charge in [-0.1, -0.05) is 6.92 Å². The first-order chi connectivity index (χ1) is 5.10. The Morgan fingerprint density at radius 2 is 2.27 bits per heavy atom. The number of carbonyl (C=O) groups is 1. The molecule has 1 saturated heterocycles. The lowest BCUT2D eigenvalue weighted by atomic mass is 10.2. The molecular weight excluding hydrogens is 158 g/mol. The van der Waals surface area contributed by atoms with E-state index in [1.807, 2.05) is 0 Å². The van der Waals surface area contributed by atoms with Crippen molar-refractivity contribution in [3.05, 3.63) is 10.1 Å². The quantitative estimate of drug-likeness (QED) is 0.247. The van der Waals surface area contributed by atoms with Crippen LogP contribution in [-0.4, -0.2) is 16.8 Å². The molecule has 0 aromatic carbocycles. The Kier molecular flexibility index (Phi) is 1.75. The first-order valence-electron chi connectivity index (χ1n) is 2.84. The molecule has 0 aliphatic carbocycles. The van der Waals surface area contributed by atoms with Crippen LogP contribution >= 0.6 is 0 Å². The van der Waals surface area contributed by atoms with E-state index in [0.717, 1.165) is 0 Å². The number of hydrogen-bond donors (Lipinski definition) is 0. The Balaban J connectivity index is 2.48. The lowest BCUT2D eigenvalue weighted by Crippen LogP contribution is -2.27. The summed E-state index contributed by atoms with van der Waals surface area (Å²) in [7, 11) is 0. The highest BCUT2D eigenvalue weighted by Gasteiger charge is 2.57. The molecule has 0 bridgehead atoms. The van der Waals surface area contributed by atoms with Gasteiger partial charge in [-0.05, 0) is 0 Å². The van der Waals surface area contributed by atoms with E-state index in [-0.39, 0.29) is 6.42 Å². The number of hydrogen-bond acceptors (Lipinski definition) is 6. The van der Waals surface area contributed by atoms with Crippen LogP contribution in [0.15, 0.2) is 0 Å². The molecule has 7 nitrogen and oxygen atoms in total. The van der Waals surface area contributed by atoms with Gasteiger partial charge >= 0.3 is 16.8 Å². The van der Waals surface area contributed by atoms with Crippen molar-refractivity contribution in [2.75, 3.05) is 0 Å². The summed E-state index contributed by atoms with van der Waals surface area (Å²) in [5.41, 5.74) is 0. The Morgan fingerprint density at radius 1 is 1.73 bits per heavy atom. The molecule has 62 valence electrons. The molecule has 0 radical (unpaired) electrons. The molecule has 7 heteroatoms. The zero-order valence-corrected chi connectivity index (χ0v) is 5.60. The molecule has 0 N–H and O–H groups in total. The minimum atomic E-state index is -1.52. The molecular formula is C4H5NO6. The molecule has 1 rings (SSSR count). The molecule has 0 unspecified atom stereocenters. The molecule has 0 aromatic heterocycles. The Bertz CT molecular complexity index is 197. The standard InChI is InChI=1S/C4H5NO6/c1-2-4(10-11-4)3(6)9-5(7)8/h2H2,1H3. The third-order valence-corrected chi connectivity index (χ3v) is 1.22. The van der Waals surface area contributed by atoms with Crippen LogP contribution < -0.4 is 0 Å². The Morgan fingerprint density at radius 3 is 2.55 bits per heavy atom. The first-order valence-corrected chi connectivity index (χ1v) is 2.84. The van der Waals surface area contributed by atoms with Gasteiger partial charge in [-0.2, -0.15) is 9.78 Å². The number of rotatable bonds is 3. The average molecular weight is 163 g/mol. The molecule has 0 amide bonds. The SMILES string of the molecule is CCC1(C(=O)O[N+](=O)[O-])OO1. The maximum Gasteiger partial charge on any atom is 0.368 e. The smallest absolute Gasteiger partial charge is 0.262 e. The van der Waals surface area contributed by atoms with Crippen LogP contribution in [0.4, 0.5) is 0 Å². The van der Waals surface area contributed by atoms with Gasteiger partial charge in [0.05, 0.1) is 0 Å². The van der Waals surface area contributed by atoms with Crippen molar-refractivity contribution in [1.29, 1.82) is 0 Å². The zero-order chi connectivity index (χ0) is 8.48. The van der Waals surface area contributed by atoms with Crippen molar-refractivity contribution in [1.82, 2.24) is 0 Å². The summed E-state index contributed by atoms with van der Waals surface area (Å²) in [6.07, 6.45) is 0.180. The van der Waals surface area contributed by atoms with Crippen molar-refractivity contribution in [2.24, 2.45) is 0 Å². The molecule has 1 aliphatic rings. The topological polar surface area (TPSA) is 94.5 Å². The fourth-order valence-corrected chi connectivity index (χ4v) is 0.518. The Labute approximate surface area is 60.9 Å². The van der Waals surface area contributed by atoms with E-state index in [2.05, 4.69) is 14.6 Å². The monoisotopic (exact) mass is 163 g/mol. The normalized spacial score (nSPS) is 19.0. The number of carbonyl (C=O) groups excluding carboxylic acids is 1. The zero-order valence-electron chi connectivity index (χ0n) is 5.60. The summed E-state index contributed by atoms with van der Waals surface area (Å²) in [6, 6.07) is 0. The minimum absolute atomic E-state index is 0.180. The fraction of sp³-hybridized carbons (Fsp3) is 0.750. The summed E-state index contributed by atoms with van der Waals surface area (Å²) >= 11 is 0. The van der Waals surface area contributed by atoms with Crippen molar-refractivity contribution in [3.8, 4) is 0 Å². The van der Waals surface area contributed by atoms with E-state index in [4.69, 9.17) is 0 Å².